The molecule has 0 N–H and O–H groups in total. The zero-order valence-corrected chi connectivity index (χ0v) is 13.9. The summed E-state index contributed by atoms with van der Waals surface area (Å²) in [5, 5.41) is 0.846. The summed E-state index contributed by atoms with van der Waals surface area (Å²) in [5.41, 5.74) is 3.51. The van der Waals surface area contributed by atoms with Crippen LogP contribution in [0.4, 0.5) is 0 Å². The molecule has 1 aromatic heterocycles. The standard InChI is InChI=1S/C18H21Cl2N/c1-2-3-4-5-6-7-14-8-10-15(11-9-14)16-12-17(19)18(20)21-13-16/h8-13H,2-7H2,1H3. The molecular formula is C18H21Cl2N. The number of hydrogen-bond acceptors (Lipinski definition) is 1. The number of aryl methyl sites for hydroxylation is 1. The second-order valence-corrected chi connectivity index (χ2v) is 6.12. The van der Waals surface area contributed by atoms with E-state index < -0.39 is 0 Å². The third-order valence-electron chi connectivity index (χ3n) is 3.65. The maximum atomic E-state index is 6.01. The summed E-state index contributed by atoms with van der Waals surface area (Å²) < 4.78 is 0. The lowest BCUT2D eigenvalue weighted by Crippen LogP contribution is -1.87. The van der Waals surface area contributed by atoms with Crippen LogP contribution in [0.3, 0.4) is 0 Å². The van der Waals surface area contributed by atoms with Gasteiger partial charge in [-0.2, -0.15) is 0 Å². The molecule has 21 heavy (non-hydrogen) atoms. The maximum Gasteiger partial charge on any atom is 0.147 e. The van der Waals surface area contributed by atoms with E-state index in [4.69, 9.17) is 23.2 Å². The molecule has 0 radical (unpaired) electrons. The highest BCUT2D eigenvalue weighted by Crippen LogP contribution is 2.26. The van der Waals surface area contributed by atoms with Gasteiger partial charge in [0.05, 0.1) is 5.02 Å². The first-order valence-electron chi connectivity index (χ1n) is 7.61. The van der Waals surface area contributed by atoms with Crippen molar-refractivity contribution in [2.24, 2.45) is 0 Å². The SMILES string of the molecule is CCCCCCCc1ccc(-c2cnc(Cl)c(Cl)c2)cc1. The van der Waals surface area contributed by atoms with Crippen LogP contribution in [-0.2, 0) is 6.42 Å². The van der Waals surface area contributed by atoms with Gasteiger partial charge in [0, 0.05) is 11.8 Å². The lowest BCUT2D eigenvalue weighted by atomic mass is 10.0. The van der Waals surface area contributed by atoms with Crippen LogP contribution in [0.25, 0.3) is 11.1 Å². The highest BCUT2D eigenvalue weighted by Gasteiger charge is 2.03. The zero-order valence-electron chi connectivity index (χ0n) is 12.4. The van der Waals surface area contributed by atoms with Gasteiger partial charge in [0.1, 0.15) is 5.15 Å². The Kier molecular flexibility index (Phi) is 6.53. The number of rotatable bonds is 7. The summed E-state index contributed by atoms with van der Waals surface area (Å²) in [7, 11) is 0. The van der Waals surface area contributed by atoms with Crippen LogP contribution in [0.15, 0.2) is 36.5 Å². The molecule has 112 valence electrons. The molecule has 0 fully saturated rings. The lowest BCUT2D eigenvalue weighted by molar-refractivity contribution is 0.632. The molecule has 1 heterocycles. The van der Waals surface area contributed by atoms with Crippen molar-refractivity contribution in [3.63, 3.8) is 0 Å². The molecule has 0 atom stereocenters. The summed E-state index contributed by atoms with van der Waals surface area (Å²) in [6, 6.07) is 10.5. The Morgan fingerprint density at radius 3 is 2.29 bits per heavy atom. The number of nitrogens with zero attached hydrogens (tertiary/aromatic N) is 1. The largest absolute Gasteiger partial charge is 0.242 e. The lowest BCUT2D eigenvalue weighted by Gasteiger charge is -2.05. The van der Waals surface area contributed by atoms with E-state index in [0.29, 0.717) is 10.2 Å². The Balaban J connectivity index is 1.93. The number of benzene rings is 1. The first-order valence-corrected chi connectivity index (χ1v) is 8.36. The van der Waals surface area contributed by atoms with Gasteiger partial charge in [0.15, 0.2) is 0 Å². The van der Waals surface area contributed by atoms with Gasteiger partial charge in [-0.1, -0.05) is 80.1 Å². The maximum absolute atomic E-state index is 6.01. The molecule has 0 aliphatic rings. The van der Waals surface area contributed by atoms with Gasteiger partial charge in [-0.05, 0) is 30.0 Å². The third-order valence-corrected chi connectivity index (χ3v) is 4.34. The Bertz CT molecular complexity index is 564. The van der Waals surface area contributed by atoms with Gasteiger partial charge < -0.3 is 0 Å². The minimum Gasteiger partial charge on any atom is -0.242 e. The molecule has 0 saturated heterocycles. The number of halogens is 2. The van der Waals surface area contributed by atoms with E-state index in [9.17, 15) is 0 Å². The number of unbranched alkanes of at least 4 members (excludes halogenated alkanes) is 4. The zero-order chi connectivity index (χ0) is 15.1. The summed E-state index contributed by atoms with van der Waals surface area (Å²) in [6.07, 6.45) is 9.51. The minimum atomic E-state index is 0.351. The normalized spacial score (nSPS) is 10.8. The van der Waals surface area contributed by atoms with Gasteiger partial charge in [-0.15, -0.1) is 0 Å². The molecule has 0 spiro atoms. The molecule has 0 amide bonds. The van der Waals surface area contributed by atoms with Crippen molar-refractivity contribution in [2.45, 2.75) is 45.4 Å². The molecule has 0 saturated carbocycles. The van der Waals surface area contributed by atoms with E-state index >= 15 is 0 Å². The van der Waals surface area contributed by atoms with Gasteiger partial charge in [-0.25, -0.2) is 4.98 Å². The predicted octanol–water partition coefficient (Wildman–Crippen LogP) is 6.57. The van der Waals surface area contributed by atoms with E-state index in [-0.39, 0.29) is 0 Å². The average molecular weight is 322 g/mol. The summed E-state index contributed by atoms with van der Waals surface area (Å²) in [5.74, 6) is 0. The molecule has 0 unspecified atom stereocenters. The Morgan fingerprint density at radius 1 is 0.905 bits per heavy atom. The van der Waals surface area contributed by atoms with Crippen LogP contribution in [0.1, 0.15) is 44.6 Å². The monoisotopic (exact) mass is 321 g/mol. The quantitative estimate of drug-likeness (QED) is 0.415. The third kappa shape index (κ3) is 5.01. The number of aromatic nitrogens is 1. The highest BCUT2D eigenvalue weighted by molar-refractivity contribution is 6.41. The van der Waals surface area contributed by atoms with Crippen LogP contribution in [0.2, 0.25) is 10.2 Å². The van der Waals surface area contributed by atoms with E-state index in [1.165, 1.54) is 37.7 Å². The molecule has 3 heteroatoms. The van der Waals surface area contributed by atoms with Crippen molar-refractivity contribution in [2.75, 3.05) is 0 Å². The first-order chi connectivity index (χ1) is 10.2. The number of pyridine rings is 1. The van der Waals surface area contributed by atoms with Crippen molar-refractivity contribution < 1.29 is 0 Å². The summed E-state index contributed by atoms with van der Waals surface area (Å²) in [4.78, 5) is 4.09. The molecule has 1 nitrogen and oxygen atoms in total. The van der Waals surface area contributed by atoms with E-state index in [0.717, 1.165) is 17.5 Å². The van der Waals surface area contributed by atoms with Crippen LogP contribution < -0.4 is 0 Å². The average Bonchev–Trinajstić information content (AvgIpc) is 2.50. The van der Waals surface area contributed by atoms with Crippen LogP contribution in [-0.4, -0.2) is 4.98 Å². The Morgan fingerprint density at radius 2 is 1.62 bits per heavy atom. The Hall–Kier alpha value is -1.05. The molecule has 2 rings (SSSR count). The van der Waals surface area contributed by atoms with Gasteiger partial charge in [-0.3, -0.25) is 0 Å². The molecule has 0 bridgehead atoms. The fourth-order valence-corrected chi connectivity index (χ4v) is 2.65. The second-order valence-electron chi connectivity index (χ2n) is 5.36. The summed E-state index contributed by atoms with van der Waals surface area (Å²) >= 11 is 11.9. The summed E-state index contributed by atoms with van der Waals surface area (Å²) in [6.45, 7) is 2.25. The highest BCUT2D eigenvalue weighted by atomic mass is 35.5. The Labute approximate surface area is 137 Å². The van der Waals surface area contributed by atoms with Gasteiger partial charge in [0.25, 0.3) is 0 Å². The van der Waals surface area contributed by atoms with E-state index in [1.807, 2.05) is 6.07 Å². The van der Waals surface area contributed by atoms with Crippen LogP contribution in [0.5, 0.6) is 0 Å². The van der Waals surface area contributed by atoms with Crippen LogP contribution >= 0.6 is 23.2 Å². The van der Waals surface area contributed by atoms with Crippen LogP contribution in [0, 0.1) is 0 Å². The molecule has 0 aliphatic heterocycles. The number of hydrogen-bond donors (Lipinski definition) is 0. The molecule has 2 aromatic rings. The molecule has 1 aromatic carbocycles. The minimum absolute atomic E-state index is 0.351. The predicted molar refractivity (Wildman–Crippen MR) is 92.2 cm³/mol. The fourth-order valence-electron chi connectivity index (χ4n) is 2.38. The first kappa shape index (κ1) is 16.3. The van der Waals surface area contributed by atoms with Crippen molar-refractivity contribution in [3.05, 3.63) is 52.3 Å². The second kappa shape index (κ2) is 8.41. The fraction of sp³-hybridized carbons (Fsp3) is 0.389. The van der Waals surface area contributed by atoms with E-state index in [2.05, 4.69) is 36.2 Å². The smallest absolute Gasteiger partial charge is 0.147 e. The van der Waals surface area contributed by atoms with E-state index in [1.54, 1.807) is 6.20 Å². The molecule has 0 aliphatic carbocycles. The van der Waals surface area contributed by atoms with Gasteiger partial charge >= 0.3 is 0 Å². The van der Waals surface area contributed by atoms with Crippen molar-refractivity contribution in [1.29, 1.82) is 0 Å². The van der Waals surface area contributed by atoms with Crippen molar-refractivity contribution in [1.82, 2.24) is 4.98 Å². The van der Waals surface area contributed by atoms with Gasteiger partial charge in [0.2, 0.25) is 0 Å². The van der Waals surface area contributed by atoms with Crippen molar-refractivity contribution >= 4 is 23.2 Å². The van der Waals surface area contributed by atoms with Crippen molar-refractivity contribution in [3.8, 4) is 11.1 Å². The topological polar surface area (TPSA) is 12.9 Å². The molecular weight excluding hydrogens is 301 g/mol.